The van der Waals surface area contributed by atoms with Crippen LogP contribution in [0.4, 0.5) is 10.5 Å². The smallest absolute Gasteiger partial charge is 0.341 e. The van der Waals surface area contributed by atoms with Crippen molar-refractivity contribution in [2.24, 2.45) is 5.92 Å². The summed E-state index contributed by atoms with van der Waals surface area (Å²) < 4.78 is 5.06. The van der Waals surface area contributed by atoms with Gasteiger partial charge in [-0.05, 0) is 37.8 Å². The lowest BCUT2D eigenvalue weighted by molar-refractivity contribution is -0.139. The van der Waals surface area contributed by atoms with E-state index in [-0.39, 0.29) is 12.1 Å². The van der Waals surface area contributed by atoms with Crippen LogP contribution in [0.3, 0.4) is 0 Å². The van der Waals surface area contributed by atoms with E-state index in [0.717, 1.165) is 0 Å². The number of hydrogen-bond donors (Lipinski definition) is 3. The number of nitrogens with one attached hydrogen (secondary N) is 2. The second-order valence-electron chi connectivity index (χ2n) is 5.29. The number of amides is 2. The van der Waals surface area contributed by atoms with Crippen LogP contribution in [0.5, 0.6) is 5.75 Å². The molecule has 6 heteroatoms. The van der Waals surface area contributed by atoms with Gasteiger partial charge >= 0.3 is 12.0 Å². The van der Waals surface area contributed by atoms with Crippen LogP contribution in [0, 0.1) is 5.92 Å². The molecule has 0 bridgehead atoms. The van der Waals surface area contributed by atoms with E-state index in [1.165, 1.54) is 19.3 Å². The quantitative estimate of drug-likeness (QED) is 0.751. The van der Waals surface area contributed by atoms with Gasteiger partial charge in [0.15, 0.2) is 6.61 Å². The van der Waals surface area contributed by atoms with Gasteiger partial charge in [-0.3, -0.25) is 0 Å². The zero-order valence-electron chi connectivity index (χ0n) is 12.0. The second-order valence-corrected chi connectivity index (χ2v) is 5.29. The van der Waals surface area contributed by atoms with E-state index in [2.05, 4.69) is 10.6 Å². The van der Waals surface area contributed by atoms with Gasteiger partial charge in [-0.1, -0.05) is 12.5 Å². The molecule has 114 valence electrons. The number of urea groups is 1. The van der Waals surface area contributed by atoms with Crippen LogP contribution in [0.1, 0.15) is 26.2 Å². The Morgan fingerprint density at radius 1 is 1.43 bits per heavy atom. The Balaban J connectivity index is 1.84. The molecular weight excluding hydrogens is 272 g/mol. The van der Waals surface area contributed by atoms with Gasteiger partial charge in [0.2, 0.25) is 0 Å². The van der Waals surface area contributed by atoms with Crippen LogP contribution >= 0.6 is 0 Å². The van der Waals surface area contributed by atoms with Gasteiger partial charge in [0.25, 0.3) is 0 Å². The van der Waals surface area contributed by atoms with E-state index in [9.17, 15) is 9.59 Å². The van der Waals surface area contributed by atoms with Crippen molar-refractivity contribution >= 4 is 17.7 Å². The number of benzene rings is 1. The highest BCUT2D eigenvalue weighted by Crippen LogP contribution is 2.29. The Hall–Kier alpha value is -2.24. The average Bonchev–Trinajstić information content (AvgIpc) is 2.34. The SMILES string of the molecule is CC(NC(=O)Nc1cccc(OCC(=O)O)c1)C1CCC1. The van der Waals surface area contributed by atoms with E-state index in [0.29, 0.717) is 17.4 Å². The summed E-state index contributed by atoms with van der Waals surface area (Å²) in [5.41, 5.74) is 0.566. The zero-order chi connectivity index (χ0) is 15.2. The summed E-state index contributed by atoms with van der Waals surface area (Å²) in [5, 5.41) is 14.2. The topological polar surface area (TPSA) is 87.7 Å². The third-order valence-electron chi connectivity index (χ3n) is 3.67. The third-order valence-corrected chi connectivity index (χ3v) is 3.67. The van der Waals surface area contributed by atoms with Gasteiger partial charge in [-0.15, -0.1) is 0 Å². The minimum Gasteiger partial charge on any atom is -0.482 e. The van der Waals surface area contributed by atoms with Crippen LogP contribution in [0.2, 0.25) is 0 Å². The molecular formula is C15H20N2O4. The van der Waals surface area contributed by atoms with Crippen molar-refractivity contribution in [1.82, 2.24) is 5.32 Å². The Bertz CT molecular complexity index is 514. The highest BCUT2D eigenvalue weighted by Gasteiger charge is 2.24. The first-order valence-electron chi connectivity index (χ1n) is 7.07. The molecule has 2 rings (SSSR count). The maximum Gasteiger partial charge on any atom is 0.341 e. The van der Waals surface area contributed by atoms with Gasteiger partial charge in [0, 0.05) is 17.8 Å². The molecule has 1 aliphatic carbocycles. The van der Waals surface area contributed by atoms with Gasteiger partial charge < -0.3 is 20.5 Å². The number of carbonyl (C=O) groups excluding carboxylic acids is 1. The fourth-order valence-electron chi connectivity index (χ4n) is 2.24. The number of carbonyl (C=O) groups is 2. The first kappa shape index (κ1) is 15.2. The van der Waals surface area contributed by atoms with Gasteiger partial charge in [0.1, 0.15) is 5.75 Å². The van der Waals surface area contributed by atoms with E-state index in [1.807, 2.05) is 6.92 Å². The third kappa shape index (κ3) is 4.66. The molecule has 3 N–H and O–H groups in total. The molecule has 1 aromatic carbocycles. The van der Waals surface area contributed by atoms with E-state index >= 15 is 0 Å². The molecule has 6 nitrogen and oxygen atoms in total. The van der Waals surface area contributed by atoms with Crippen molar-refractivity contribution in [2.45, 2.75) is 32.2 Å². The highest BCUT2D eigenvalue weighted by molar-refractivity contribution is 5.89. The first-order valence-corrected chi connectivity index (χ1v) is 7.07. The second kappa shape index (κ2) is 6.97. The van der Waals surface area contributed by atoms with E-state index in [1.54, 1.807) is 24.3 Å². The van der Waals surface area contributed by atoms with Crippen LogP contribution in [-0.2, 0) is 4.79 Å². The minimum absolute atomic E-state index is 0.158. The molecule has 0 aromatic heterocycles. The Labute approximate surface area is 123 Å². The van der Waals surface area contributed by atoms with Crippen molar-refractivity contribution in [3.05, 3.63) is 24.3 Å². The minimum atomic E-state index is -1.04. The molecule has 0 aliphatic heterocycles. The molecule has 1 unspecified atom stereocenters. The molecule has 1 aromatic rings. The Morgan fingerprint density at radius 2 is 2.19 bits per heavy atom. The average molecular weight is 292 g/mol. The number of hydrogen-bond acceptors (Lipinski definition) is 3. The summed E-state index contributed by atoms with van der Waals surface area (Å²) in [6.45, 7) is 1.60. The van der Waals surface area contributed by atoms with E-state index in [4.69, 9.17) is 9.84 Å². The molecule has 1 saturated carbocycles. The van der Waals surface area contributed by atoms with Crippen molar-refractivity contribution in [3.63, 3.8) is 0 Å². The van der Waals surface area contributed by atoms with Crippen molar-refractivity contribution in [2.75, 3.05) is 11.9 Å². The molecule has 0 radical (unpaired) electrons. The van der Waals surface area contributed by atoms with Crippen LogP contribution in [-0.4, -0.2) is 29.8 Å². The fraction of sp³-hybridized carbons (Fsp3) is 0.467. The molecule has 0 heterocycles. The summed E-state index contributed by atoms with van der Waals surface area (Å²) in [4.78, 5) is 22.3. The van der Waals surface area contributed by atoms with Crippen molar-refractivity contribution in [1.29, 1.82) is 0 Å². The predicted octanol–water partition coefficient (Wildman–Crippen LogP) is 2.46. The summed E-state index contributed by atoms with van der Waals surface area (Å²) >= 11 is 0. The number of carboxylic acid groups (broad SMARTS) is 1. The molecule has 21 heavy (non-hydrogen) atoms. The van der Waals surface area contributed by atoms with Gasteiger partial charge in [0.05, 0.1) is 0 Å². The number of rotatable bonds is 6. The van der Waals surface area contributed by atoms with Crippen LogP contribution in [0.25, 0.3) is 0 Å². The lowest BCUT2D eigenvalue weighted by Gasteiger charge is -2.31. The highest BCUT2D eigenvalue weighted by atomic mass is 16.5. The lowest BCUT2D eigenvalue weighted by atomic mass is 9.80. The monoisotopic (exact) mass is 292 g/mol. The largest absolute Gasteiger partial charge is 0.482 e. The normalized spacial score (nSPS) is 15.7. The summed E-state index contributed by atoms with van der Waals surface area (Å²) in [6.07, 6.45) is 3.57. The molecule has 1 atom stereocenters. The van der Waals surface area contributed by atoms with E-state index < -0.39 is 12.6 Å². The number of ether oxygens (including phenoxy) is 1. The van der Waals surface area contributed by atoms with Crippen molar-refractivity contribution in [3.8, 4) is 5.75 Å². The summed E-state index contributed by atoms with van der Waals surface area (Å²) in [7, 11) is 0. The number of anilines is 1. The summed E-state index contributed by atoms with van der Waals surface area (Å²) in [5.74, 6) is -0.0661. The molecule has 0 saturated heterocycles. The molecule has 2 amide bonds. The Morgan fingerprint density at radius 3 is 2.81 bits per heavy atom. The molecule has 1 aliphatic rings. The van der Waals surface area contributed by atoms with Gasteiger partial charge in [-0.2, -0.15) is 0 Å². The summed E-state index contributed by atoms with van der Waals surface area (Å²) in [6, 6.07) is 6.55. The van der Waals surface area contributed by atoms with Gasteiger partial charge in [-0.25, -0.2) is 9.59 Å². The maximum absolute atomic E-state index is 11.9. The number of carboxylic acids is 1. The molecule has 0 spiro atoms. The zero-order valence-corrected chi connectivity index (χ0v) is 12.0. The standard InChI is InChI=1S/C15H20N2O4/c1-10(11-4-2-5-11)16-15(20)17-12-6-3-7-13(8-12)21-9-14(18)19/h3,6-8,10-11H,2,4-5,9H2,1H3,(H,18,19)(H2,16,17,20). The maximum atomic E-state index is 11.9. The Kier molecular flexibility index (Phi) is 5.03. The van der Waals surface area contributed by atoms with Crippen molar-refractivity contribution < 1.29 is 19.4 Å². The van der Waals surface area contributed by atoms with Crippen LogP contribution in [0.15, 0.2) is 24.3 Å². The lowest BCUT2D eigenvalue weighted by Crippen LogP contribution is -2.42. The van der Waals surface area contributed by atoms with Crippen LogP contribution < -0.4 is 15.4 Å². The predicted molar refractivity (Wildman–Crippen MR) is 78.5 cm³/mol. The number of aliphatic carboxylic acids is 1. The first-order chi connectivity index (χ1) is 10.0. The molecule has 1 fully saturated rings. The fourth-order valence-corrected chi connectivity index (χ4v) is 2.24.